The Morgan fingerprint density at radius 1 is 1.12 bits per heavy atom. The number of anilines is 2. The lowest BCUT2D eigenvalue weighted by molar-refractivity contribution is 0.222. The molecule has 0 bridgehead atoms. The average Bonchev–Trinajstić information content (AvgIpc) is 2.25. The lowest BCUT2D eigenvalue weighted by Crippen LogP contribution is -2.17. The van der Waals surface area contributed by atoms with Crippen molar-refractivity contribution in [2.75, 3.05) is 17.3 Å². The van der Waals surface area contributed by atoms with Crippen molar-refractivity contribution in [1.29, 1.82) is 0 Å². The Bertz CT molecular complexity index is 355. The summed E-state index contributed by atoms with van der Waals surface area (Å²) in [6, 6.07) is 0.259. The van der Waals surface area contributed by atoms with Crippen molar-refractivity contribution in [1.82, 2.24) is 15.0 Å². The predicted molar refractivity (Wildman–Crippen MR) is 66.7 cm³/mol. The van der Waals surface area contributed by atoms with Gasteiger partial charge in [0.05, 0.1) is 6.10 Å². The second-order valence-electron chi connectivity index (χ2n) is 4.35. The molecule has 1 heterocycles. The van der Waals surface area contributed by atoms with Crippen LogP contribution in [0.2, 0.25) is 0 Å². The number of nitrogen functional groups attached to an aromatic ring is 1. The van der Waals surface area contributed by atoms with Crippen LogP contribution < -0.4 is 21.3 Å². The summed E-state index contributed by atoms with van der Waals surface area (Å²) in [4.78, 5) is 12.2. The highest BCUT2D eigenvalue weighted by molar-refractivity contribution is 5.34. The Kier molecular flexibility index (Phi) is 4.89. The van der Waals surface area contributed by atoms with Crippen molar-refractivity contribution < 1.29 is 4.74 Å². The number of nitrogens with two attached hydrogens (primary N) is 1. The Balaban J connectivity index is 2.81. The van der Waals surface area contributed by atoms with Gasteiger partial charge in [-0.2, -0.15) is 15.0 Å². The quantitative estimate of drug-likeness (QED) is 0.504. The number of hydrogen-bond donors (Lipinski definition) is 3. The number of nitrogens with zero attached hydrogens (tertiary/aromatic N) is 3. The molecule has 0 aliphatic rings. The van der Waals surface area contributed by atoms with Crippen molar-refractivity contribution in [2.24, 2.45) is 11.8 Å². The van der Waals surface area contributed by atoms with E-state index < -0.39 is 0 Å². The van der Waals surface area contributed by atoms with Gasteiger partial charge in [-0.15, -0.1) is 0 Å². The van der Waals surface area contributed by atoms with E-state index in [1.807, 2.05) is 13.8 Å². The van der Waals surface area contributed by atoms with Crippen LogP contribution >= 0.6 is 0 Å². The largest absolute Gasteiger partial charge is 0.461 e. The van der Waals surface area contributed by atoms with Gasteiger partial charge >= 0.3 is 6.01 Å². The van der Waals surface area contributed by atoms with Crippen LogP contribution in [0.25, 0.3) is 0 Å². The third kappa shape index (κ3) is 4.81. The molecule has 0 unspecified atom stereocenters. The van der Waals surface area contributed by atoms with Gasteiger partial charge in [-0.1, -0.05) is 13.8 Å². The van der Waals surface area contributed by atoms with E-state index in [0.717, 1.165) is 6.54 Å². The van der Waals surface area contributed by atoms with Crippen LogP contribution in [-0.4, -0.2) is 27.6 Å². The molecule has 4 N–H and O–H groups in total. The molecular weight excluding hydrogens is 220 g/mol. The van der Waals surface area contributed by atoms with Gasteiger partial charge in [0.1, 0.15) is 0 Å². The number of ether oxygens (including phenoxy) is 1. The van der Waals surface area contributed by atoms with E-state index in [1.54, 1.807) is 0 Å². The smallest absolute Gasteiger partial charge is 0.323 e. The van der Waals surface area contributed by atoms with Crippen molar-refractivity contribution in [3.63, 3.8) is 0 Å². The molecule has 0 saturated carbocycles. The molecule has 0 spiro atoms. The molecule has 1 aromatic rings. The lowest BCUT2D eigenvalue weighted by atomic mass is 10.2. The van der Waals surface area contributed by atoms with E-state index in [9.17, 15) is 0 Å². The van der Waals surface area contributed by atoms with Crippen LogP contribution in [0, 0.1) is 5.92 Å². The second-order valence-corrected chi connectivity index (χ2v) is 4.35. The van der Waals surface area contributed by atoms with Crippen molar-refractivity contribution in [3.8, 4) is 6.01 Å². The summed E-state index contributed by atoms with van der Waals surface area (Å²) < 4.78 is 5.41. The summed E-state index contributed by atoms with van der Waals surface area (Å²) in [6.45, 7) is 8.78. The molecule has 0 aromatic carbocycles. The Morgan fingerprint density at radius 2 is 1.76 bits per heavy atom. The molecule has 0 radical (unpaired) electrons. The fourth-order valence-corrected chi connectivity index (χ4v) is 1.06. The topological polar surface area (TPSA) is 98.0 Å². The summed E-state index contributed by atoms with van der Waals surface area (Å²) in [6.07, 6.45) is 0.000901. The molecule has 7 heteroatoms. The minimum absolute atomic E-state index is 0.000901. The summed E-state index contributed by atoms with van der Waals surface area (Å²) >= 11 is 0. The zero-order valence-electron chi connectivity index (χ0n) is 10.7. The summed E-state index contributed by atoms with van der Waals surface area (Å²) in [5.41, 5.74) is 2.39. The Hall–Kier alpha value is -1.63. The highest BCUT2D eigenvalue weighted by Gasteiger charge is 2.08. The zero-order chi connectivity index (χ0) is 12.8. The maximum atomic E-state index is 5.41. The summed E-state index contributed by atoms with van der Waals surface area (Å²) in [7, 11) is 0. The van der Waals surface area contributed by atoms with Gasteiger partial charge in [-0.3, -0.25) is 5.43 Å². The van der Waals surface area contributed by atoms with Gasteiger partial charge in [0.2, 0.25) is 11.9 Å². The number of hydrogen-bond acceptors (Lipinski definition) is 7. The van der Waals surface area contributed by atoms with E-state index >= 15 is 0 Å². The van der Waals surface area contributed by atoms with Crippen LogP contribution in [0.4, 0.5) is 11.9 Å². The predicted octanol–water partition coefficient (Wildman–Crippen LogP) is 1.01. The van der Waals surface area contributed by atoms with Gasteiger partial charge in [0, 0.05) is 6.54 Å². The van der Waals surface area contributed by atoms with E-state index in [2.05, 4.69) is 39.5 Å². The fraction of sp³-hybridized carbons (Fsp3) is 0.700. The van der Waals surface area contributed by atoms with Gasteiger partial charge in [0.25, 0.3) is 0 Å². The number of rotatable bonds is 6. The molecule has 7 nitrogen and oxygen atoms in total. The lowest BCUT2D eigenvalue weighted by Gasteiger charge is -2.11. The normalized spacial score (nSPS) is 10.8. The molecule has 0 saturated heterocycles. The van der Waals surface area contributed by atoms with Crippen molar-refractivity contribution in [2.45, 2.75) is 33.8 Å². The van der Waals surface area contributed by atoms with Gasteiger partial charge in [0.15, 0.2) is 0 Å². The second kappa shape index (κ2) is 6.19. The van der Waals surface area contributed by atoms with E-state index in [-0.39, 0.29) is 18.1 Å². The molecule has 1 rings (SSSR count). The van der Waals surface area contributed by atoms with E-state index in [1.165, 1.54) is 0 Å². The zero-order valence-corrected chi connectivity index (χ0v) is 10.7. The maximum absolute atomic E-state index is 5.41. The first kappa shape index (κ1) is 13.4. The van der Waals surface area contributed by atoms with Crippen LogP contribution in [-0.2, 0) is 0 Å². The minimum Gasteiger partial charge on any atom is -0.461 e. The first-order chi connectivity index (χ1) is 8.01. The van der Waals surface area contributed by atoms with Crippen molar-refractivity contribution in [3.05, 3.63) is 0 Å². The highest BCUT2D eigenvalue weighted by Crippen LogP contribution is 2.12. The molecule has 0 fully saturated rings. The Morgan fingerprint density at radius 3 is 2.29 bits per heavy atom. The third-order valence-corrected chi connectivity index (χ3v) is 1.75. The van der Waals surface area contributed by atoms with Crippen LogP contribution in [0.15, 0.2) is 0 Å². The summed E-state index contributed by atoms with van der Waals surface area (Å²) in [5, 5.41) is 3.09. The number of nitrogens with one attached hydrogen (secondary N) is 2. The number of aromatic nitrogens is 3. The molecule has 96 valence electrons. The molecule has 0 atom stereocenters. The first-order valence-electron chi connectivity index (χ1n) is 5.64. The Labute approximate surface area is 101 Å². The molecule has 0 aliphatic heterocycles. The summed E-state index contributed by atoms with van der Waals surface area (Å²) in [5.74, 6) is 6.52. The SMILES string of the molecule is CC(C)CNc1nc(NN)nc(OC(C)C)n1. The minimum atomic E-state index is 0.000901. The molecule has 1 aromatic heterocycles. The monoisotopic (exact) mass is 240 g/mol. The molecular formula is C10H20N6O. The first-order valence-corrected chi connectivity index (χ1v) is 5.64. The van der Waals surface area contributed by atoms with Crippen LogP contribution in [0.5, 0.6) is 6.01 Å². The van der Waals surface area contributed by atoms with E-state index in [0.29, 0.717) is 11.9 Å². The maximum Gasteiger partial charge on any atom is 0.323 e. The molecule has 0 amide bonds. The molecule has 17 heavy (non-hydrogen) atoms. The van der Waals surface area contributed by atoms with Gasteiger partial charge in [-0.25, -0.2) is 5.84 Å². The molecule has 0 aliphatic carbocycles. The fourth-order valence-electron chi connectivity index (χ4n) is 1.06. The highest BCUT2D eigenvalue weighted by atomic mass is 16.5. The van der Waals surface area contributed by atoms with Crippen molar-refractivity contribution >= 4 is 11.9 Å². The van der Waals surface area contributed by atoms with E-state index in [4.69, 9.17) is 10.6 Å². The number of hydrazine groups is 1. The van der Waals surface area contributed by atoms with Crippen LogP contribution in [0.1, 0.15) is 27.7 Å². The van der Waals surface area contributed by atoms with Gasteiger partial charge < -0.3 is 10.1 Å². The third-order valence-electron chi connectivity index (χ3n) is 1.75. The van der Waals surface area contributed by atoms with Crippen LogP contribution in [0.3, 0.4) is 0 Å². The standard InChI is InChI=1S/C10H20N6O/c1-6(2)5-12-8-13-9(16-11)15-10(14-8)17-7(3)4/h6-7H,5,11H2,1-4H3,(H2,12,13,14,15,16). The van der Waals surface area contributed by atoms with Gasteiger partial charge in [-0.05, 0) is 19.8 Å². The average molecular weight is 240 g/mol.